The standard InChI is InChI=1S/C22H13ClO/c23-15-10-11-16-18(14-6-2-1-3-7-14)13-21-22(19(16)12-15)17-8-4-5-9-20(17)24-21/h1-13H. The number of hydrogen-bond acceptors (Lipinski definition) is 1. The fourth-order valence-electron chi connectivity index (χ4n) is 3.47. The van der Waals surface area contributed by atoms with E-state index in [4.69, 9.17) is 16.0 Å². The van der Waals surface area contributed by atoms with Crippen LogP contribution < -0.4 is 0 Å². The summed E-state index contributed by atoms with van der Waals surface area (Å²) in [6.45, 7) is 0. The SMILES string of the molecule is Clc1ccc2c(-c3ccccc3)cc3oc4ccccc4c3c2c1. The first kappa shape index (κ1) is 13.6. The van der Waals surface area contributed by atoms with Gasteiger partial charge in [0.2, 0.25) is 0 Å². The Kier molecular flexibility index (Phi) is 2.91. The first-order valence-corrected chi connectivity index (χ1v) is 8.28. The molecule has 0 aliphatic carbocycles. The fraction of sp³-hybridized carbons (Fsp3) is 0. The fourth-order valence-corrected chi connectivity index (χ4v) is 3.64. The molecular weight excluding hydrogens is 316 g/mol. The molecule has 0 N–H and O–H groups in total. The van der Waals surface area contributed by atoms with Crippen LogP contribution in [0.1, 0.15) is 0 Å². The van der Waals surface area contributed by atoms with E-state index in [2.05, 4.69) is 42.5 Å². The highest BCUT2D eigenvalue weighted by atomic mass is 35.5. The molecule has 0 fully saturated rings. The highest BCUT2D eigenvalue weighted by molar-refractivity contribution is 6.32. The van der Waals surface area contributed by atoms with Gasteiger partial charge in [-0.05, 0) is 46.2 Å². The molecule has 0 atom stereocenters. The van der Waals surface area contributed by atoms with Crippen molar-refractivity contribution < 1.29 is 4.42 Å². The van der Waals surface area contributed by atoms with Crippen LogP contribution in [0.25, 0.3) is 43.8 Å². The summed E-state index contributed by atoms with van der Waals surface area (Å²) in [7, 11) is 0. The van der Waals surface area contributed by atoms with Crippen LogP contribution in [-0.2, 0) is 0 Å². The van der Waals surface area contributed by atoms with Gasteiger partial charge in [0.1, 0.15) is 11.2 Å². The third kappa shape index (κ3) is 1.95. The highest BCUT2D eigenvalue weighted by Crippen LogP contribution is 2.40. The Balaban J connectivity index is 2.03. The normalized spacial score (nSPS) is 11.5. The predicted molar refractivity (Wildman–Crippen MR) is 102 cm³/mol. The molecule has 1 aromatic heterocycles. The number of halogens is 1. The molecule has 2 heteroatoms. The Morgan fingerprint density at radius 2 is 1.42 bits per heavy atom. The zero-order chi connectivity index (χ0) is 16.1. The second-order valence-corrected chi connectivity index (χ2v) is 6.39. The lowest BCUT2D eigenvalue weighted by Crippen LogP contribution is -1.83. The van der Waals surface area contributed by atoms with Crippen molar-refractivity contribution in [3.8, 4) is 11.1 Å². The third-order valence-electron chi connectivity index (χ3n) is 4.52. The van der Waals surface area contributed by atoms with Crippen LogP contribution in [0.15, 0.2) is 83.3 Å². The summed E-state index contributed by atoms with van der Waals surface area (Å²) in [5.41, 5.74) is 4.13. The molecule has 1 heterocycles. The Hall–Kier alpha value is -2.77. The van der Waals surface area contributed by atoms with Crippen LogP contribution in [0, 0.1) is 0 Å². The van der Waals surface area contributed by atoms with Crippen LogP contribution in [0.2, 0.25) is 5.02 Å². The summed E-state index contributed by atoms with van der Waals surface area (Å²) in [6, 6.07) is 26.8. The lowest BCUT2D eigenvalue weighted by molar-refractivity contribution is 0.669. The number of para-hydroxylation sites is 1. The Morgan fingerprint density at radius 3 is 2.29 bits per heavy atom. The average Bonchev–Trinajstić information content (AvgIpc) is 3.00. The summed E-state index contributed by atoms with van der Waals surface area (Å²) < 4.78 is 6.12. The van der Waals surface area contributed by atoms with E-state index in [1.165, 1.54) is 10.9 Å². The summed E-state index contributed by atoms with van der Waals surface area (Å²) >= 11 is 6.30. The zero-order valence-electron chi connectivity index (χ0n) is 12.8. The van der Waals surface area contributed by atoms with E-state index in [0.29, 0.717) is 0 Å². The van der Waals surface area contributed by atoms with E-state index in [-0.39, 0.29) is 0 Å². The molecule has 0 saturated heterocycles. The molecule has 0 unspecified atom stereocenters. The quantitative estimate of drug-likeness (QED) is 0.321. The molecule has 0 aliphatic heterocycles. The van der Waals surface area contributed by atoms with Gasteiger partial charge in [-0.25, -0.2) is 0 Å². The smallest absolute Gasteiger partial charge is 0.136 e. The minimum Gasteiger partial charge on any atom is -0.456 e. The average molecular weight is 329 g/mol. The van der Waals surface area contributed by atoms with E-state index in [1.54, 1.807) is 0 Å². The first-order chi connectivity index (χ1) is 11.8. The van der Waals surface area contributed by atoms with Crippen LogP contribution in [0.5, 0.6) is 0 Å². The van der Waals surface area contributed by atoms with Crippen molar-refractivity contribution in [2.45, 2.75) is 0 Å². The van der Waals surface area contributed by atoms with Gasteiger partial charge >= 0.3 is 0 Å². The first-order valence-electron chi connectivity index (χ1n) is 7.90. The molecule has 0 radical (unpaired) electrons. The van der Waals surface area contributed by atoms with Crippen LogP contribution in [0.3, 0.4) is 0 Å². The maximum atomic E-state index is 6.30. The van der Waals surface area contributed by atoms with Crippen molar-refractivity contribution in [1.29, 1.82) is 0 Å². The number of fused-ring (bicyclic) bond motifs is 5. The number of hydrogen-bond donors (Lipinski definition) is 0. The molecule has 0 amide bonds. The van der Waals surface area contributed by atoms with E-state index < -0.39 is 0 Å². The maximum absolute atomic E-state index is 6.30. The molecule has 114 valence electrons. The molecule has 5 aromatic rings. The summed E-state index contributed by atoms with van der Waals surface area (Å²) in [6.07, 6.45) is 0. The third-order valence-corrected chi connectivity index (χ3v) is 4.76. The largest absolute Gasteiger partial charge is 0.456 e. The second kappa shape index (κ2) is 5.12. The Labute approximate surface area is 144 Å². The van der Waals surface area contributed by atoms with Crippen LogP contribution in [-0.4, -0.2) is 0 Å². The van der Waals surface area contributed by atoms with Gasteiger partial charge in [0.25, 0.3) is 0 Å². The van der Waals surface area contributed by atoms with Crippen molar-refractivity contribution in [2.24, 2.45) is 0 Å². The number of benzene rings is 4. The number of rotatable bonds is 1. The predicted octanol–water partition coefficient (Wildman–Crippen LogP) is 7.06. The molecule has 0 bridgehead atoms. The summed E-state index contributed by atoms with van der Waals surface area (Å²) in [5, 5.41) is 5.30. The molecule has 4 aromatic carbocycles. The molecule has 0 spiro atoms. The molecule has 24 heavy (non-hydrogen) atoms. The van der Waals surface area contributed by atoms with E-state index in [0.717, 1.165) is 37.9 Å². The maximum Gasteiger partial charge on any atom is 0.136 e. The Morgan fingerprint density at radius 1 is 0.625 bits per heavy atom. The summed E-state index contributed by atoms with van der Waals surface area (Å²) in [5.74, 6) is 0. The monoisotopic (exact) mass is 328 g/mol. The van der Waals surface area contributed by atoms with Gasteiger partial charge in [0, 0.05) is 15.8 Å². The lowest BCUT2D eigenvalue weighted by Gasteiger charge is -2.09. The molecule has 1 nitrogen and oxygen atoms in total. The second-order valence-electron chi connectivity index (χ2n) is 5.95. The van der Waals surface area contributed by atoms with Gasteiger partial charge in [-0.15, -0.1) is 0 Å². The van der Waals surface area contributed by atoms with E-state index >= 15 is 0 Å². The van der Waals surface area contributed by atoms with Gasteiger partial charge in [-0.1, -0.05) is 66.2 Å². The Bertz CT molecular complexity index is 1200. The van der Waals surface area contributed by atoms with Crippen molar-refractivity contribution in [3.63, 3.8) is 0 Å². The van der Waals surface area contributed by atoms with Gasteiger partial charge in [-0.2, -0.15) is 0 Å². The minimum absolute atomic E-state index is 0.735. The number of furan rings is 1. The van der Waals surface area contributed by atoms with Gasteiger partial charge in [0.05, 0.1) is 0 Å². The van der Waals surface area contributed by atoms with Gasteiger partial charge in [0.15, 0.2) is 0 Å². The van der Waals surface area contributed by atoms with E-state index in [1.807, 2.05) is 36.4 Å². The summed E-state index contributed by atoms with van der Waals surface area (Å²) in [4.78, 5) is 0. The van der Waals surface area contributed by atoms with Crippen molar-refractivity contribution in [2.75, 3.05) is 0 Å². The molecule has 0 saturated carbocycles. The topological polar surface area (TPSA) is 13.1 Å². The minimum atomic E-state index is 0.735. The molecule has 0 aliphatic rings. The van der Waals surface area contributed by atoms with Crippen LogP contribution >= 0.6 is 11.6 Å². The zero-order valence-corrected chi connectivity index (χ0v) is 13.5. The van der Waals surface area contributed by atoms with E-state index in [9.17, 15) is 0 Å². The molecular formula is C22H13ClO. The van der Waals surface area contributed by atoms with Gasteiger partial charge in [-0.3, -0.25) is 0 Å². The van der Waals surface area contributed by atoms with Crippen molar-refractivity contribution in [1.82, 2.24) is 0 Å². The van der Waals surface area contributed by atoms with Crippen molar-refractivity contribution >= 4 is 44.3 Å². The van der Waals surface area contributed by atoms with Gasteiger partial charge < -0.3 is 4.42 Å². The molecule has 5 rings (SSSR count). The lowest BCUT2D eigenvalue weighted by atomic mass is 9.95. The highest BCUT2D eigenvalue weighted by Gasteiger charge is 2.14. The van der Waals surface area contributed by atoms with Crippen molar-refractivity contribution in [3.05, 3.63) is 83.9 Å². The van der Waals surface area contributed by atoms with Crippen LogP contribution in [0.4, 0.5) is 0 Å².